The van der Waals surface area contributed by atoms with Gasteiger partial charge in [0.2, 0.25) is 0 Å². The van der Waals surface area contributed by atoms with E-state index in [9.17, 15) is 19.6 Å². The summed E-state index contributed by atoms with van der Waals surface area (Å²) >= 11 is 1.69. The Hall–Kier alpha value is -3.88. The summed E-state index contributed by atoms with van der Waals surface area (Å²) in [5, 5.41) is 29.6. The van der Waals surface area contributed by atoms with Gasteiger partial charge in [0.05, 0.1) is 57.6 Å². The minimum absolute atomic E-state index is 0.154. The average molecular weight is 548 g/mol. The predicted molar refractivity (Wildman–Crippen MR) is 147 cm³/mol. The third kappa shape index (κ3) is 5.92. The van der Waals surface area contributed by atoms with Crippen molar-refractivity contribution in [3.05, 3.63) is 64.4 Å². The first-order chi connectivity index (χ1) is 18.7. The van der Waals surface area contributed by atoms with Gasteiger partial charge in [0.15, 0.2) is 0 Å². The zero-order valence-electron chi connectivity index (χ0n) is 21.8. The second-order valence-corrected chi connectivity index (χ2v) is 11.4. The Morgan fingerprint density at radius 1 is 1.26 bits per heavy atom. The number of nitriles is 1. The number of halogens is 1. The van der Waals surface area contributed by atoms with Crippen LogP contribution in [0.4, 0.5) is 10.1 Å². The molecule has 1 atom stereocenters. The van der Waals surface area contributed by atoms with Crippen molar-refractivity contribution in [3.63, 3.8) is 0 Å². The molecule has 0 spiro atoms. The summed E-state index contributed by atoms with van der Waals surface area (Å²) in [5.41, 5.74) is 3.72. The topological polar surface area (TPSA) is 128 Å². The lowest BCUT2D eigenvalue weighted by Crippen LogP contribution is -2.42. The molecule has 9 nitrogen and oxygen atoms in total. The first-order valence-corrected chi connectivity index (χ1v) is 13.8. The molecule has 4 aromatic heterocycles. The van der Waals surface area contributed by atoms with Crippen LogP contribution in [0, 0.1) is 11.3 Å². The number of thiazole rings is 1. The number of aromatic nitrogens is 4. The summed E-state index contributed by atoms with van der Waals surface area (Å²) in [5.74, 6) is 0.0182. The van der Waals surface area contributed by atoms with Crippen LogP contribution in [0.2, 0.25) is 0 Å². The Morgan fingerprint density at radius 2 is 2.05 bits per heavy atom. The van der Waals surface area contributed by atoms with Crippen molar-refractivity contribution < 1.29 is 14.3 Å². The molecule has 1 saturated carbocycles. The van der Waals surface area contributed by atoms with E-state index in [0.29, 0.717) is 34.1 Å². The second kappa shape index (κ2) is 11.1. The van der Waals surface area contributed by atoms with Crippen molar-refractivity contribution in [2.45, 2.75) is 63.3 Å². The van der Waals surface area contributed by atoms with E-state index in [0.717, 1.165) is 31.2 Å². The second-order valence-electron chi connectivity index (χ2n) is 10.5. The number of nitrogens with zero attached hydrogens (tertiary/aromatic N) is 5. The van der Waals surface area contributed by atoms with Crippen LogP contribution >= 0.6 is 11.3 Å². The Bertz CT molecular complexity index is 1500. The van der Waals surface area contributed by atoms with Gasteiger partial charge >= 0.3 is 0 Å². The molecule has 1 amide bonds. The van der Waals surface area contributed by atoms with E-state index in [1.165, 1.54) is 31.1 Å². The summed E-state index contributed by atoms with van der Waals surface area (Å²) < 4.78 is 16.0. The number of fused-ring (bicyclic) bond motifs is 1. The molecule has 39 heavy (non-hydrogen) atoms. The highest BCUT2D eigenvalue weighted by molar-refractivity contribution is 7.09. The number of hydrogen-bond acceptors (Lipinski definition) is 8. The Morgan fingerprint density at radius 3 is 2.74 bits per heavy atom. The number of amides is 1. The van der Waals surface area contributed by atoms with E-state index in [4.69, 9.17) is 0 Å². The van der Waals surface area contributed by atoms with Crippen LogP contribution in [0.15, 0.2) is 48.4 Å². The fraction of sp³-hybridized carbons (Fsp3) is 0.393. The van der Waals surface area contributed by atoms with Crippen molar-refractivity contribution in [2.75, 3.05) is 11.9 Å². The van der Waals surface area contributed by atoms with E-state index in [1.54, 1.807) is 21.9 Å². The van der Waals surface area contributed by atoms with Gasteiger partial charge in [-0.15, -0.1) is 11.3 Å². The van der Waals surface area contributed by atoms with Crippen LogP contribution in [0.5, 0.6) is 0 Å². The molecule has 4 heterocycles. The van der Waals surface area contributed by atoms with Crippen LogP contribution in [0.25, 0.3) is 16.9 Å². The number of anilines is 1. The van der Waals surface area contributed by atoms with Gasteiger partial charge in [0, 0.05) is 23.3 Å². The fourth-order valence-corrected chi connectivity index (χ4v) is 5.64. The van der Waals surface area contributed by atoms with Crippen molar-refractivity contribution in [1.82, 2.24) is 24.9 Å². The van der Waals surface area contributed by atoms with Gasteiger partial charge in [-0.25, -0.2) is 8.91 Å². The van der Waals surface area contributed by atoms with Gasteiger partial charge in [-0.2, -0.15) is 10.4 Å². The van der Waals surface area contributed by atoms with Gasteiger partial charge in [-0.1, -0.05) is 0 Å². The molecule has 0 aromatic carbocycles. The van der Waals surface area contributed by atoms with E-state index >= 15 is 0 Å². The van der Waals surface area contributed by atoms with Crippen LogP contribution in [0.3, 0.4) is 0 Å². The first-order valence-electron chi connectivity index (χ1n) is 12.9. The maximum Gasteiger partial charge on any atom is 0.255 e. The molecule has 3 N–H and O–H groups in total. The lowest BCUT2D eigenvalue weighted by molar-refractivity contribution is -0.00177. The molecule has 202 valence electrons. The molecule has 0 bridgehead atoms. The molecule has 11 heteroatoms. The third-order valence-corrected chi connectivity index (χ3v) is 8.13. The van der Waals surface area contributed by atoms with E-state index in [2.05, 4.69) is 31.8 Å². The van der Waals surface area contributed by atoms with Crippen LogP contribution in [0.1, 0.15) is 66.2 Å². The number of alkyl halides is 1. The third-order valence-electron chi connectivity index (χ3n) is 7.19. The normalized spacial score (nSPS) is 18.4. The number of hydrogen-bond donors (Lipinski definition) is 3. The fourth-order valence-electron chi connectivity index (χ4n) is 4.85. The standard InChI is InChI=1S/C28H30FN7O2S/c1-28(2,38)26(29)15-33-27(37)21-13-32-23(24-8-7-20-9-17(11-30)12-34-36(20)24)10-22(21)35-19-5-3-18(4-6-19)25-14-31-16-39-25/h7-10,12-14,16,18-19,26,38H,3-6,15H2,1-2H3,(H,32,35)(H,33,37)/t18-,19-,26-/m1/s1. The minimum Gasteiger partial charge on any atom is -0.387 e. The summed E-state index contributed by atoms with van der Waals surface area (Å²) in [6.07, 6.45) is 7.20. The maximum absolute atomic E-state index is 14.3. The van der Waals surface area contributed by atoms with Crippen molar-refractivity contribution in [3.8, 4) is 17.5 Å². The molecule has 0 aliphatic heterocycles. The number of rotatable bonds is 8. The van der Waals surface area contributed by atoms with E-state index < -0.39 is 17.7 Å². The highest BCUT2D eigenvalue weighted by atomic mass is 32.1. The SMILES string of the molecule is CC(C)(O)[C@H](F)CNC(=O)c1cnc(-c2ccc3cc(C#N)cnn23)cc1N[C@H]1CC[C@H](c2cncs2)CC1. The van der Waals surface area contributed by atoms with Crippen LogP contribution in [-0.4, -0.2) is 55.0 Å². The van der Waals surface area contributed by atoms with Gasteiger partial charge in [0.25, 0.3) is 5.91 Å². The molecular formula is C28H30FN7O2S. The Kier molecular flexibility index (Phi) is 7.59. The lowest BCUT2D eigenvalue weighted by Gasteiger charge is -2.30. The van der Waals surface area contributed by atoms with E-state index in [1.807, 2.05) is 29.9 Å². The largest absolute Gasteiger partial charge is 0.387 e. The van der Waals surface area contributed by atoms with Gasteiger partial charge < -0.3 is 15.7 Å². The number of carbonyl (C=O) groups excluding carboxylic acids is 1. The van der Waals surface area contributed by atoms with Gasteiger partial charge in [0.1, 0.15) is 12.2 Å². The van der Waals surface area contributed by atoms with Gasteiger partial charge in [-0.3, -0.25) is 14.8 Å². The molecule has 0 radical (unpaired) electrons. The molecular weight excluding hydrogens is 517 g/mol. The number of aliphatic hydroxyl groups is 1. The zero-order valence-corrected chi connectivity index (χ0v) is 22.6. The maximum atomic E-state index is 14.3. The monoisotopic (exact) mass is 547 g/mol. The first kappa shape index (κ1) is 26.7. The molecule has 0 saturated heterocycles. The number of carbonyl (C=O) groups is 1. The zero-order chi connectivity index (χ0) is 27.6. The highest BCUT2D eigenvalue weighted by Crippen LogP contribution is 2.36. The lowest BCUT2D eigenvalue weighted by atomic mass is 9.85. The molecule has 4 aromatic rings. The summed E-state index contributed by atoms with van der Waals surface area (Å²) in [6.45, 7) is 2.41. The minimum atomic E-state index is -1.62. The predicted octanol–water partition coefficient (Wildman–Crippen LogP) is 4.70. The summed E-state index contributed by atoms with van der Waals surface area (Å²) in [7, 11) is 0. The van der Waals surface area contributed by atoms with Crippen molar-refractivity contribution >= 4 is 28.4 Å². The summed E-state index contributed by atoms with van der Waals surface area (Å²) in [4.78, 5) is 23.2. The van der Waals surface area contributed by atoms with Crippen molar-refractivity contribution in [1.29, 1.82) is 5.26 Å². The molecule has 0 unspecified atom stereocenters. The average Bonchev–Trinajstić information content (AvgIpc) is 3.61. The van der Waals surface area contributed by atoms with E-state index in [-0.39, 0.29) is 12.6 Å². The molecule has 1 fully saturated rings. The molecule has 1 aliphatic carbocycles. The molecule has 1 aliphatic rings. The number of nitrogens with one attached hydrogen (secondary N) is 2. The quantitative estimate of drug-likeness (QED) is 0.292. The van der Waals surface area contributed by atoms with Crippen LogP contribution < -0.4 is 10.6 Å². The summed E-state index contributed by atoms with van der Waals surface area (Å²) in [6, 6.07) is 9.53. The Balaban J connectivity index is 1.41. The Labute approximate surface area is 229 Å². The van der Waals surface area contributed by atoms with Crippen molar-refractivity contribution in [2.24, 2.45) is 0 Å². The number of pyridine rings is 1. The van der Waals surface area contributed by atoms with Crippen LogP contribution in [-0.2, 0) is 0 Å². The molecule has 5 rings (SSSR count). The highest BCUT2D eigenvalue weighted by Gasteiger charge is 2.28. The van der Waals surface area contributed by atoms with Gasteiger partial charge in [-0.05, 0) is 69.7 Å². The smallest absolute Gasteiger partial charge is 0.255 e.